The van der Waals surface area contributed by atoms with Crippen LogP contribution in [-0.2, 0) is 26.9 Å². The molecule has 0 spiro atoms. The van der Waals surface area contributed by atoms with Crippen molar-refractivity contribution in [3.8, 4) is 11.5 Å². The molecule has 1 aliphatic heterocycles. The van der Waals surface area contributed by atoms with Gasteiger partial charge in [-0.2, -0.15) is 13.2 Å². The van der Waals surface area contributed by atoms with E-state index in [0.29, 0.717) is 22.2 Å². The van der Waals surface area contributed by atoms with Crippen LogP contribution in [0.1, 0.15) is 28.6 Å². The number of fused-ring (bicyclic) bond motifs is 3. The summed E-state index contributed by atoms with van der Waals surface area (Å²) in [6, 6.07) is 3.95. The van der Waals surface area contributed by atoms with Gasteiger partial charge in [0.2, 0.25) is 0 Å². The molecule has 11 heteroatoms. The van der Waals surface area contributed by atoms with Gasteiger partial charge in [0, 0.05) is 29.2 Å². The number of carbonyl (C=O) groups is 2. The van der Waals surface area contributed by atoms with E-state index < -0.39 is 49.7 Å². The second kappa shape index (κ2) is 9.09. The number of pyridine rings is 1. The number of aromatic nitrogens is 2. The molecule has 0 fully saturated rings. The zero-order valence-corrected chi connectivity index (χ0v) is 21.0. The Morgan fingerprint density at radius 2 is 1.92 bits per heavy atom. The lowest BCUT2D eigenvalue weighted by Gasteiger charge is -2.39. The van der Waals surface area contributed by atoms with Crippen LogP contribution in [0.25, 0.3) is 10.9 Å². The molecule has 1 N–H and O–H groups in total. The summed E-state index contributed by atoms with van der Waals surface area (Å²) in [5.74, 6) is 0.737. The van der Waals surface area contributed by atoms with Gasteiger partial charge < -0.3 is 14.6 Å². The molecule has 0 saturated heterocycles. The molecule has 2 atom stereocenters. The van der Waals surface area contributed by atoms with Crippen LogP contribution in [0, 0.1) is 17.3 Å². The first-order valence-electron chi connectivity index (χ1n) is 11.1. The summed E-state index contributed by atoms with van der Waals surface area (Å²) in [7, 11) is -0.808. The van der Waals surface area contributed by atoms with E-state index in [-0.39, 0.29) is 12.0 Å². The van der Waals surface area contributed by atoms with Crippen molar-refractivity contribution < 1.29 is 31.9 Å². The van der Waals surface area contributed by atoms with E-state index in [1.165, 1.54) is 36.3 Å². The highest BCUT2D eigenvalue weighted by molar-refractivity contribution is 6.84. The molecule has 1 amide bonds. The Morgan fingerprint density at radius 1 is 1.19 bits per heavy atom. The first-order chi connectivity index (χ1) is 16.8. The topological polar surface area (TPSA) is 75.3 Å². The molecule has 2 aromatic heterocycles. The lowest BCUT2D eigenvalue weighted by Crippen LogP contribution is -2.51. The van der Waals surface area contributed by atoms with Gasteiger partial charge in [0.15, 0.2) is 0 Å². The van der Waals surface area contributed by atoms with Crippen molar-refractivity contribution in [2.75, 3.05) is 7.11 Å². The fourth-order valence-electron chi connectivity index (χ4n) is 4.26. The molecule has 0 unspecified atom stereocenters. The molecule has 0 bridgehead atoms. The number of benzene rings is 1. The Labute approximate surface area is 205 Å². The van der Waals surface area contributed by atoms with Crippen LogP contribution in [-0.4, -0.2) is 48.0 Å². The van der Waals surface area contributed by atoms with Crippen LogP contribution in [0.3, 0.4) is 0 Å². The zero-order valence-electron chi connectivity index (χ0n) is 20.0. The number of halogens is 4. The summed E-state index contributed by atoms with van der Waals surface area (Å²) in [6.45, 7) is 5.84. The maximum atomic E-state index is 14.1. The highest BCUT2D eigenvalue weighted by Gasteiger charge is 2.44. The number of ether oxygens (including phenoxy) is 1. The minimum atomic E-state index is -4.65. The highest BCUT2D eigenvalue weighted by atomic mass is 28.3. The van der Waals surface area contributed by atoms with Gasteiger partial charge in [-0.3, -0.25) is 9.78 Å². The minimum absolute atomic E-state index is 0.0103. The molecule has 1 aliphatic rings. The summed E-state index contributed by atoms with van der Waals surface area (Å²) in [5, 5.41) is 0.504. The smallest absolute Gasteiger partial charge is 0.433 e. The van der Waals surface area contributed by atoms with Crippen molar-refractivity contribution in [1.82, 2.24) is 14.9 Å². The average molecular weight is 518 g/mol. The van der Waals surface area contributed by atoms with Gasteiger partial charge in [-0.05, 0) is 41.3 Å². The molecule has 3 heterocycles. The van der Waals surface area contributed by atoms with Crippen LogP contribution >= 0.6 is 0 Å². The number of nitrogens with zero attached hydrogens (tertiary/aromatic N) is 2. The summed E-state index contributed by atoms with van der Waals surface area (Å²) in [5.41, 5.74) is 3.67. The number of H-pyrrole nitrogens is 1. The predicted molar refractivity (Wildman–Crippen MR) is 127 cm³/mol. The monoisotopic (exact) mass is 517 g/mol. The normalized spacial score (nSPS) is 17.8. The van der Waals surface area contributed by atoms with Gasteiger partial charge in [-0.15, -0.1) is 5.54 Å². The minimum Gasteiger partial charge on any atom is -0.467 e. The highest BCUT2D eigenvalue weighted by Crippen LogP contribution is 2.41. The predicted octanol–water partition coefficient (Wildman–Crippen LogP) is 4.62. The summed E-state index contributed by atoms with van der Waals surface area (Å²) >= 11 is 0. The van der Waals surface area contributed by atoms with Crippen molar-refractivity contribution in [3.63, 3.8) is 0 Å². The lowest BCUT2D eigenvalue weighted by molar-refractivity contribution is -0.153. The van der Waals surface area contributed by atoms with Crippen molar-refractivity contribution in [1.29, 1.82) is 0 Å². The first kappa shape index (κ1) is 25.4. The SMILES string of the molecule is COC(=O)[C@H]1Cc2c([nH]c3ccc(F)cc23)[C@@H](c2ccc(C(F)(F)F)nc2)N1C(=O)C#C[Si](C)(C)C. The third kappa shape index (κ3) is 4.86. The van der Waals surface area contributed by atoms with E-state index in [4.69, 9.17) is 4.74 Å². The molecular formula is C25H23F4N3O3Si. The molecular weight excluding hydrogens is 494 g/mol. The molecule has 0 radical (unpaired) electrons. The lowest BCUT2D eigenvalue weighted by atomic mass is 9.88. The number of aromatic amines is 1. The van der Waals surface area contributed by atoms with Crippen molar-refractivity contribution >= 4 is 30.9 Å². The number of methoxy groups -OCH3 is 1. The number of alkyl halides is 3. The second-order valence-corrected chi connectivity index (χ2v) is 14.3. The van der Waals surface area contributed by atoms with Crippen molar-refractivity contribution in [3.05, 3.63) is 64.9 Å². The molecule has 3 aromatic rings. The van der Waals surface area contributed by atoms with E-state index in [9.17, 15) is 27.2 Å². The quantitative estimate of drug-likeness (QED) is 0.233. The van der Waals surface area contributed by atoms with Gasteiger partial charge in [0.1, 0.15) is 31.7 Å². The summed E-state index contributed by atoms with van der Waals surface area (Å²) in [6.07, 6.45) is -3.62. The van der Waals surface area contributed by atoms with E-state index >= 15 is 0 Å². The molecule has 36 heavy (non-hydrogen) atoms. The number of amides is 1. The molecule has 6 nitrogen and oxygen atoms in total. The Bertz CT molecular complexity index is 1400. The van der Waals surface area contributed by atoms with Crippen molar-refractivity contribution in [2.45, 2.75) is 44.3 Å². The molecule has 1 aromatic carbocycles. The standard InChI is InChI=1S/C25H23F4N3O3Si/c1-35-24(34)19-12-17-16-11-15(26)6-7-18(16)31-22(17)23(32(19)21(33)9-10-36(2,3)4)14-5-8-20(30-13-14)25(27,28)29/h5-8,11,13,19,23,31H,12H2,1-4H3/t19-,23-/m1/s1. The van der Waals surface area contributed by atoms with Gasteiger partial charge in [-0.25, -0.2) is 9.18 Å². The Kier molecular flexibility index (Phi) is 6.43. The second-order valence-electron chi connectivity index (χ2n) is 9.54. The Hall–Kier alpha value is -3.65. The van der Waals surface area contributed by atoms with Crippen LogP contribution in [0.15, 0.2) is 36.5 Å². The number of hydrogen-bond acceptors (Lipinski definition) is 4. The van der Waals surface area contributed by atoms with Gasteiger partial charge in [-0.1, -0.05) is 25.7 Å². The molecule has 188 valence electrons. The molecule has 0 saturated carbocycles. The summed E-state index contributed by atoms with van der Waals surface area (Å²) < 4.78 is 58.6. The number of nitrogens with one attached hydrogen (secondary N) is 1. The largest absolute Gasteiger partial charge is 0.467 e. The third-order valence-corrected chi connectivity index (χ3v) is 6.71. The number of esters is 1. The van der Waals surface area contributed by atoms with E-state index in [2.05, 4.69) is 21.4 Å². The fraction of sp³-hybridized carbons (Fsp3) is 0.320. The van der Waals surface area contributed by atoms with Gasteiger partial charge >= 0.3 is 12.1 Å². The van der Waals surface area contributed by atoms with E-state index in [1.807, 2.05) is 19.6 Å². The van der Waals surface area contributed by atoms with E-state index in [0.717, 1.165) is 12.3 Å². The Morgan fingerprint density at radius 3 is 2.50 bits per heavy atom. The first-order valence-corrected chi connectivity index (χ1v) is 14.6. The number of carbonyl (C=O) groups excluding carboxylic acids is 2. The van der Waals surface area contributed by atoms with Gasteiger partial charge in [0.25, 0.3) is 5.91 Å². The van der Waals surface area contributed by atoms with Crippen LogP contribution in [0.2, 0.25) is 19.6 Å². The molecule has 0 aliphatic carbocycles. The van der Waals surface area contributed by atoms with Gasteiger partial charge in [0.05, 0.1) is 7.11 Å². The number of rotatable bonds is 2. The average Bonchev–Trinajstić information content (AvgIpc) is 3.17. The summed E-state index contributed by atoms with van der Waals surface area (Å²) in [4.78, 5) is 34.3. The molecule has 4 rings (SSSR count). The third-order valence-electron chi connectivity index (χ3n) is 5.83. The zero-order chi connectivity index (χ0) is 26.4. The van der Waals surface area contributed by atoms with Crippen LogP contribution in [0.4, 0.5) is 17.6 Å². The van der Waals surface area contributed by atoms with Crippen LogP contribution in [0.5, 0.6) is 0 Å². The number of hydrogen-bond donors (Lipinski definition) is 1. The fourth-order valence-corrected chi connectivity index (χ4v) is 4.75. The van der Waals surface area contributed by atoms with Crippen molar-refractivity contribution in [2.24, 2.45) is 0 Å². The maximum absolute atomic E-state index is 14.1. The van der Waals surface area contributed by atoms with Crippen LogP contribution < -0.4 is 0 Å². The maximum Gasteiger partial charge on any atom is 0.433 e. The van der Waals surface area contributed by atoms with E-state index in [1.54, 1.807) is 0 Å². The Balaban J connectivity index is 1.96.